The predicted octanol–water partition coefficient (Wildman–Crippen LogP) is 15.7. The summed E-state index contributed by atoms with van der Waals surface area (Å²) in [6.45, 7) is 13.2. The van der Waals surface area contributed by atoms with Crippen LogP contribution in [0.4, 0.5) is 0 Å². The van der Waals surface area contributed by atoms with E-state index < -0.39 is 23.3 Å². The van der Waals surface area contributed by atoms with Crippen molar-refractivity contribution in [2.24, 2.45) is 22.9 Å². The Labute approximate surface area is 448 Å². The minimum atomic E-state index is -1.38. The summed E-state index contributed by atoms with van der Waals surface area (Å²) in [5, 5.41) is 27.6. The molecule has 400 valence electrons. The number of benzene rings is 5. The molecule has 0 bridgehead atoms. The topological polar surface area (TPSA) is 110 Å². The quantitative estimate of drug-likeness (QED) is 0.0292. The third-order valence-corrected chi connectivity index (χ3v) is 15.7. The van der Waals surface area contributed by atoms with E-state index in [2.05, 4.69) is 97.3 Å². The second-order valence-electron chi connectivity index (χ2n) is 22.2. The molecule has 1 heterocycles. The Kier molecular flexibility index (Phi) is 19.9. The van der Waals surface area contributed by atoms with Crippen molar-refractivity contribution in [3.8, 4) is 28.4 Å². The molecule has 1 saturated carbocycles. The zero-order chi connectivity index (χ0) is 52.6. The number of oxime groups is 1. The summed E-state index contributed by atoms with van der Waals surface area (Å²) in [5.41, 5.74) is 5.54. The van der Waals surface area contributed by atoms with Crippen LogP contribution in [-0.2, 0) is 20.9 Å². The van der Waals surface area contributed by atoms with Crippen molar-refractivity contribution >= 4 is 22.4 Å². The molecule has 9 nitrogen and oxygen atoms in total. The molecule has 75 heavy (non-hydrogen) atoms. The molecule has 0 spiro atoms. The summed E-state index contributed by atoms with van der Waals surface area (Å²) in [6.07, 6.45) is 20.1. The standard InChI is InChI=1S/C66H84N2O7/c1-6-8-9-10-11-12-13-14-18-34-62(71)68(47-52-31-25-30-50-28-19-20-32-55(50)52)61-46-59(67-75-65(3,4)5)57-44-51(29-21-23-41-69)56(33-22-24-42-70)63-58-45-54(39-40-60(58)74-66(61,64(57)63)72-43-7-2)73-53-37-35-49(36-38-53)48-26-16-15-17-27-48/h7,15-17,19-20,25-28,30-32,35-40,44-45,51,56,61,63-64,69-70H,2,6,8-14,18,21-24,29,33-34,41-43,46-47H2,1,3-5H3. The summed E-state index contributed by atoms with van der Waals surface area (Å²) < 4.78 is 21.8. The minimum absolute atomic E-state index is 0.0612. The number of fused-ring (bicyclic) bond motifs is 3. The van der Waals surface area contributed by atoms with Gasteiger partial charge in [0.05, 0.1) is 18.2 Å². The molecular weight excluding hydrogens is 933 g/mol. The van der Waals surface area contributed by atoms with Crippen molar-refractivity contribution in [1.82, 2.24) is 4.90 Å². The van der Waals surface area contributed by atoms with Crippen LogP contribution in [0.1, 0.15) is 154 Å². The highest BCUT2D eigenvalue weighted by Crippen LogP contribution is 2.62. The van der Waals surface area contributed by atoms with E-state index in [-0.39, 0.29) is 43.5 Å². The number of unbranched alkanes of at least 4 members (excludes halogenated alkanes) is 10. The van der Waals surface area contributed by atoms with Crippen LogP contribution in [0.2, 0.25) is 0 Å². The fourth-order valence-electron chi connectivity index (χ4n) is 12.1. The number of carbonyl (C=O) groups excluding carboxylic acids is 1. The number of ether oxygens (including phenoxy) is 3. The van der Waals surface area contributed by atoms with Gasteiger partial charge in [0.25, 0.3) is 0 Å². The van der Waals surface area contributed by atoms with Gasteiger partial charge in [0, 0.05) is 44.1 Å². The summed E-state index contributed by atoms with van der Waals surface area (Å²) in [7, 11) is 0. The monoisotopic (exact) mass is 1020 g/mol. The lowest BCUT2D eigenvalue weighted by Crippen LogP contribution is -2.70. The van der Waals surface area contributed by atoms with Gasteiger partial charge in [-0.05, 0) is 128 Å². The summed E-state index contributed by atoms with van der Waals surface area (Å²) in [4.78, 5) is 24.1. The Bertz CT molecular complexity index is 2670. The van der Waals surface area contributed by atoms with E-state index in [0.29, 0.717) is 43.7 Å². The van der Waals surface area contributed by atoms with E-state index in [1.807, 2.05) is 63.2 Å². The first-order valence-corrected chi connectivity index (χ1v) is 28.4. The Morgan fingerprint density at radius 1 is 0.773 bits per heavy atom. The van der Waals surface area contributed by atoms with E-state index >= 15 is 4.79 Å². The third-order valence-electron chi connectivity index (χ3n) is 15.7. The lowest BCUT2D eigenvalue weighted by atomic mass is 9.55. The number of hydrogen-bond acceptors (Lipinski definition) is 8. The first kappa shape index (κ1) is 55.5. The van der Waals surface area contributed by atoms with Gasteiger partial charge in [-0.25, -0.2) is 0 Å². The maximum atomic E-state index is 15.6. The number of hydrogen-bond donors (Lipinski definition) is 2. The Morgan fingerprint density at radius 2 is 1.44 bits per heavy atom. The molecule has 2 aliphatic carbocycles. The Balaban J connectivity index is 1.27. The summed E-state index contributed by atoms with van der Waals surface area (Å²) >= 11 is 0. The maximum absolute atomic E-state index is 15.6. The van der Waals surface area contributed by atoms with E-state index in [1.54, 1.807) is 6.08 Å². The fourth-order valence-corrected chi connectivity index (χ4v) is 12.1. The van der Waals surface area contributed by atoms with Crippen LogP contribution in [0, 0.1) is 17.8 Å². The van der Waals surface area contributed by atoms with E-state index in [9.17, 15) is 10.2 Å². The molecule has 6 atom stereocenters. The van der Waals surface area contributed by atoms with Gasteiger partial charge in [-0.3, -0.25) is 4.79 Å². The first-order chi connectivity index (χ1) is 36.6. The lowest BCUT2D eigenvalue weighted by Gasteiger charge is -2.60. The van der Waals surface area contributed by atoms with Crippen LogP contribution in [0.3, 0.4) is 0 Å². The van der Waals surface area contributed by atoms with Crippen molar-refractivity contribution in [2.75, 3.05) is 19.8 Å². The Hall–Kier alpha value is -5.74. The minimum Gasteiger partial charge on any atom is -0.459 e. The molecule has 0 radical (unpaired) electrons. The fraction of sp³-hybridized carbons (Fsp3) is 0.485. The molecule has 3 aliphatic rings. The van der Waals surface area contributed by atoms with Crippen molar-refractivity contribution in [3.05, 3.63) is 151 Å². The number of aliphatic hydroxyl groups excluding tert-OH is 2. The van der Waals surface area contributed by atoms with Gasteiger partial charge in [0.2, 0.25) is 11.7 Å². The van der Waals surface area contributed by atoms with Crippen LogP contribution >= 0.6 is 0 Å². The second kappa shape index (κ2) is 26.8. The SMILES string of the molecule is C=CCOC12Oc3ccc(Oc4ccc(-c5ccccc5)cc4)cc3C3C(CCCCO)C(CCCCO)C=C(C(=NOC(C)(C)C)CC1N(Cc1cccc4ccccc14)C(=O)CCCCCCCCCCC)C32. The Morgan fingerprint density at radius 3 is 2.16 bits per heavy atom. The van der Waals surface area contributed by atoms with Crippen LogP contribution < -0.4 is 9.47 Å². The number of nitrogens with zero attached hydrogens (tertiary/aromatic N) is 2. The van der Waals surface area contributed by atoms with Gasteiger partial charge >= 0.3 is 0 Å². The molecule has 1 fully saturated rings. The molecule has 5 aromatic carbocycles. The molecule has 9 heteroatoms. The van der Waals surface area contributed by atoms with Gasteiger partial charge in [0.15, 0.2) is 0 Å². The molecule has 1 amide bonds. The largest absolute Gasteiger partial charge is 0.459 e. The normalized spacial score (nSPS) is 21.4. The molecule has 5 aromatic rings. The predicted molar refractivity (Wildman–Crippen MR) is 304 cm³/mol. The average Bonchev–Trinajstić information content (AvgIpc) is 3.45. The smallest absolute Gasteiger partial charge is 0.239 e. The number of carbonyl (C=O) groups is 1. The zero-order valence-corrected chi connectivity index (χ0v) is 45.4. The van der Waals surface area contributed by atoms with Gasteiger partial charge in [-0.2, -0.15) is 0 Å². The van der Waals surface area contributed by atoms with Crippen LogP contribution in [0.5, 0.6) is 17.2 Å². The summed E-state index contributed by atoms with van der Waals surface area (Å²) in [5.74, 6) is 0.350. The van der Waals surface area contributed by atoms with Crippen LogP contribution in [0.15, 0.2) is 145 Å². The number of allylic oxidation sites excluding steroid dienone is 1. The van der Waals surface area contributed by atoms with Crippen molar-refractivity contribution < 1.29 is 34.1 Å². The molecule has 1 aliphatic heterocycles. The molecule has 0 saturated heterocycles. The highest BCUT2D eigenvalue weighted by atomic mass is 16.7. The number of aliphatic hydroxyl groups is 2. The van der Waals surface area contributed by atoms with E-state index in [1.165, 1.54) is 38.5 Å². The molecule has 2 N–H and O–H groups in total. The van der Waals surface area contributed by atoms with E-state index in [0.717, 1.165) is 95.0 Å². The van der Waals surface area contributed by atoms with E-state index in [4.69, 9.17) is 24.2 Å². The summed E-state index contributed by atoms with van der Waals surface area (Å²) in [6, 6.07) is 38.9. The number of rotatable bonds is 28. The average molecular weight is 1020 g/mol. The highest BCUT2D eigenvalue weighted by molar-refractivity contribution is 6.03. The molecule has 6 unspecified atom stereocenters. The second-order valence-corrected chi connectivity index (χ2v) is 22.2. The first-order valence-electron chi connectivity index (χ1n) is 28.4. The third kappa shape index (κ3) is 13.8. The highest BCUT2D eigenvalue weighted by Gasteiger charge is 2.65. The molecule has 0 aromatic heterocycles. The molecular formula is C66H84N2O7. The van der Waals surface area contributed by atoms with Gasteiger partial charge in [-0.15, -0.1) is 6.58 Å². The van der Waals surface area contributed by atoms with Gasteiger partial charge in [0.1, 0.15) is 28.9 Å². The van der Waals surface area contributed by atoms with Crippen molar-refractivity contribution in [3.63, 3.8) is 0 Å². The maximum Gasteiger partial charge on any atom is 0.239 e. The van der Waals surface area contributed by atoms with Crippen LogP contribution in [0.25, 0.3) is 21.9 Å². The van der Waals surface area contributed by atoms with Crippen molar-refractivity contribution in [1.29, 1.82) is 0 Å². The van der Waals surface area contributed by atoms with Crippen molar-refractivity contribution in [2.45, 2.75) is 167 Å². The van der Waals surface area contributed by atoms with Gasteiger partial charge < -0.3 is 34.2 Å². The van der Waals surface area contributed by atoms with Gasteiger partial charge in [-0.1, -0.05) is 173 Å². The number of amides is 1. The van der Waals surface area contributed by atoms with Crippen LogP contribution in [-0.4, -0.2) is 64.0 Å². The molecule has 8 rings (SSSR count). The zero-order valence-electron chi connectivity index (χ0n) is 45.4. The lowest BCUT2D eigenvalue weighted by molar-refractivity contribution is -0.258.